The fourth-order valence-electron chi connectivity index (χ4n) is 6.25. The first-order valence-corrected chi connectivity index (χ1v) is 13.8. The van der Waals surface area contributed by atoms with E-state index in [1.807, 2.05) is 18.2 Å². The van der Waals surface area contributed by atoms with Gasteiger partial charge in [0.1, 0.15) is 5.75 Å². The van der Waals surface area contributed by atoms with Crippen LogP contribution in [0.5, 0.6) is 5.75 Å². The number of rotatable bonds is 6. The van der Waals surface area contributed by atoms with E-state index in [-0.39, 0.29) is 17.2 Å². The third-order valence-electron chi connectivity index (χ3n) is 8.29. The topological polar surface area (TPSA) is 49.4 Å². The third-order valence-corrected chi connectivity index (χ3v) is 8.51. The number of methoxy groups -OCH3 is 1. The molecule has 2 N–H and O–H groups in total. The smallest absolute Gasteiger partial charge is 0.416 e. The molecule has 1 unspecified atom stereocenters. The monoisotopic (exact) mass is 596 g/mol. The lowest BCUT2D eigenvalue weighted by molar-refractivity contribution is -0.143. The molecule has 6 rings (SSSR count). The van der Waals surface area contributed by atoms with Crippen LogP contribution in [-0.2, 0) is 12.4 Å². The van der Waals surface area contributed by atoms with Crippen LogP contribution in [0.25, 0.3) is 10.9 Å². The first-order chi connectivity index (χ1) is 19.4. The first kappa shape index (κ1) is 29.4. The number of ether oxygens (including phenoxy) is 1. The van der Waals surface area contributed by atoms with Crippen molar-refractivity contribution in [3.05, 3.63) is 65.4 Å². The quantitative estimate of drug-likeness (QED) is 0.228. The number of halogens is 6. The number of piperidine rings is 3. The Labute approximate surface area is 239 Å². The SMILES string of the molecule is CC[C@H]1CN2CC[C@H]1C[C@H]2[C@H](NC(=S)Nc1cc(C(F)(F)F)cc(C(F)(F)F)c1)c1ccnc2ccc(OC)cc12. The van der Waals surface area contributed by atoms with Crippen molar-refractivity contribution in [1.82, 2.24) is 15.2 Å². The molecule has 0 radical (unpaired) electrons. The summed E-state index contributed by atoms with van der Waals surface area (Å²) in [6.45, 7) is 4.00. The zero-order valence-corrected chi connectivity index (χ0v) is 23.3. The molecule has 0 aliphatic carbocycles. The molecule has 1 aromatic heterocycles. The molecule has 0 saturated carbocycles. The van der Waals surface area contributed by atoms with Crippen molar-refractivity contribution < 1.29 is 31.1 Å². The van der Waals surface area contributed by atoms with Crippen molar-refractivity contribution in [1.29, 1.82) is 0 Å². The standard InChI is InChI=1S/C29H30F6N4OS/c1-3-16-15-39-9-7-17(16)10-25(39)26(22-6-8-36-24-5-4-21(40-2)14-23(22)24)38-27(41)37-20-12-18(28(30,31)32)11-19(13-20)29(33,34)35/h4-6,8,11-14,16-17,25-26H,3,7,9-10,15H2,1-2H3,(H2,37,38,41)/t16-,17-,25-,26+/m0/s1. The first-order valence-electron chi connectivity index (χ1n) is 13.4. The van der Waals surface area contributed by atoms with Gasteiger partial charge in [0.25, 0.3) is 0 Å². The van der Waals surface area contributed by atoms with E-state index >= 15 is 0 Å². The summed E-state index contributed by atoms with van der Waals surface area (Å²) in [5, 5.41) is 6.61. The van der Waals surface area contributed by atoms with Gasteiger partial charge in [0.2, 0.25) is 0 Å². The van der Waals surface area contributed by atoms with E-state index in [0.717, 1.165) is 48.8 Å². The zero-order chi connectivity index (χ0) is 29.5. The Balaban J connectivity index is 1.51. The average molecular weight is 597 g/mol. The highest BCUT2D eigenvalue weighted by molar-refractivity contribution is 7.80. The number of benzene rings is 2. The molecule has 2 bridgehead atoms. The summed E-state index contributed by atoms with van der Waals surface area (Å²) in [7, 11) is 1.56. The van der Waals surface area contributed by atoms with Crippen molar-refractivity contribution in [3.63, 3.8) is 0 Å². The van der Waals surface area contributed by atoms with Crippen LogP contribution in [0.3, 0.4) is 0 Å². The fourth-order valence-corrected chi connectivity index (χ4v) is 6.50. The molecule has 3 saturated heterocycles. The van der Waals surface area contributed by atoms with Crippen LogP contribution in [0, 0.1) is 11.8 Å². The zero-order valence-electron chi connectivity index (χ0n) is 22.4. The molecule has 3 aromatic rings. The lowest BCUT2D eigenvalue weighted by Gasteiger charge is -2.52. The molecule has 3 aliphatic rings. The van der Waals surface area contributed by atoms with Crippen molar-refractivity contribution in [2.24, 2.45) is 11.8 Å². The number of hydrogen-bond donors (Lipinski definition) is 2. The van der Waals surface area contributed by atoms with Gasteiger partial charge in [-0.1, -0.05) is 13.3 Å². The van der Waals surface area contributed by atoms with Gasteiger partial charge in [-0.05, 0) is 91.5 Å². The second-order valence-electron chi connectivity index (χ2n) is 10.7. The molecule has 4 heterocycles. The molecule has 3 aliphatic heterocycles. The number of nitrogens with zero attached hydrogens (tertiary/aromatic N) is 2. The number of anilines is 1. The number of fused-ring (bicyclic) bond motifs is 4. The van der Waals surface area contributed by atoms with E-state index in [9.17, 15) is 26.3 Å². The maximum absolute atomic E-state index is 13.4. The molecule has 12 heteroatoms. The normalized spacial score (nSPS) is 23.3. The maximum Gasteiger partial charge on any atom is 0.416 e. The predicted octanol–water partition coefficient (Wildman–Crippen LogP) is 7.43. The van der Waals surface area contributed by atoms with Crippen LogP contribution in [0.1, 0.15) is 48.9 Å². The summed E-state index contributed by atoms with van der Waals surface area (Å²) in [6, 6.07) is 8.32. The highest BCUT2D eigenvalue weighted by atomic mass is 32.1. The van der Waals surface area contributed by atoms with Crippen molar-refractivity contribution in [2.75, 3.05) is 25.5 Å². The Kier molecular flexibility index (Phi) is 8.08. The van der Waals surface area contributed by atoms with Crippen molar-refractivity contribution in [2.45, 2.75) is 50.6 Å². The van der Waals surface area contributed by atoms with Gasteiger partial charge in [-0.15, -0.1) is 0 Å². The second kappa shape index (κ2) is 11.3. The fraction of sp³-hybridized carbons (Fsp3) is 0.448. The Bertz CT molecular complexity index is 1400. The lowest BCUT2D eigenvalue weighted by atomic mass is 9.72. The van der Waals surface area contributed by atoms with Gasteiger partial charge in [0.15, 0.2) is 5.11 Å². The molecule has 5 nitrogen and oxygen atoms in total. The molecule has 2 aromatic carbocycles. The van der Waals surface area contributed by atoms with Gasteiger partial charge >= 0.3 is 12.4 Å². The van der Waals surface area contributed by atoms with Crippen LogP contribution < -0.4 is 15.4 Å². The Morgan fingerprint density at radius 2 is 1.78 bits per heavy atom. The van der Waals surface area contributed by atoms with Gasteiger partial charge in [-0.3, -0.25) is 9.88 Å². The summed E-state index contributed by atoms with van der Waals surface area (Å²) in [5.41, 5.74) is -1.64. The van der Waals surface area contributed by atoms with Gasteiger partial charge in [0.05, 0.1) is 29.8 Å². The van der Waals surface area contributed by atoms with Crippen LogP contribution in [0.4, 0.5) is 32.0 Å². The van der Waals surface area contributed by atoms with E-state index in [0.29, 0.717) is 29.7 Å². The van der Waals surface area contributed by atoms with Gasteiger partial charge < -0.3 is 15.4 Å². The third kappa shape index (κ3) is 6.23. The predicted molar refractivity (Wildman–Crippen MR) is 149 cm³/mol. The number of aromatic nitrogens is 1. The number of nitrogens with one attached hydrogen (secondary N) is 2. The van der Waals surface area contributed by atoms with Crippen molar-refractivity contribution in [3.8, 4) is 5.75 Å². The molecular weight excluding hydrogens is 566 g/mol. The van der Waals surface area contributed by atoms with Crippen LogP contribution >= 0.6 is 12.2 Å². The Hall–Kier alpha value is -3.12. The molecule has 220 valence electrons. The minimum Gasteiger partial charge on any atom is -0.497 e. The summed E-state index contributed by atoms with van der Waals surface area (Å²) >= 11 is 5.51. The van der Waals surface area contributed by atoms with Crippen LogP contribution in [-0.4, -0.2) is 41.2 Å². The van der Waals surface area contributed by atoms with E-state index in [4.69, 9.17) is 17.0 Å². The maximum atomic E-state index is 13.4. The van der Waals surface area contributed by atoms with E-state index in [1.54, 1.807) is 19.4 Å². The number of thiocarbonyl (C=S) groups is 1. The molecule has 5 atom stereocenters. The molecule has 0 spiro atoms. The lowest BCUT2D eigenvalue weighted by Crippen LogP contribution is -2.58. The highest BCUT2D eigenvalue weighted by Gasteiger charge is 2.43. The minimum absolute atomic E-state index is 0.000321. The average Bonchev–Trinajstić information content (AvgIpc) is 2.94. The molecule has 0 amide bonds. The summed E-state index contributed by atoms with van der Waals surface area (Å²) in [4.78, 5) is 6.88. The number of alkyl halides is 6. The van der Waals surface area contributed by atoms with E-state index in [1.165, 1.54) is 0 Å². The number of pyridine rings is 1. The van der Waals surface area contributed by atoms with Crippen LogP contribution in [0.2, 0.25) is 0 Å². The van der Waals surface area contributed by atoms with Gasteiger partial charge in [-0.2, -0.15) is 26.3 Å². The van der Waals surface area contributed by atoms with Gasteiger partial charge in [0, 0.05) is 29.9 Å². The number of hydrogen-bond acceptors (Lipinski definition) is 4. The highest BCUT2D eigenvalue weighted by Crippen LogP contribution is 2.43. The summed E-state index contributed by atoms with van der Waals surface area (Å²) in [6.07, 6.45) is -5.21. The summed E-state index contributed by atoms with van der Waals surface area (Å²) < 4.78 is 86.1. The molecule has 3 fully saturated rings. The van der Waals surface area contributed by atoms with Crippen LogP contribution in [0.15, 0.2) is 48.7 Å². The largest absolute Gasteiger partial charge is 0.497 e. The van der Waals surface area contributed by atoms with Gasteiger partial charge in [-0.25, -0.2) is 0 Å². The minimum atomic E-state index is -4.96. The Morgan fingerprint density at radius 1 is 1.07 bits per heavy atom. The second-order valence-corrected chi connectivity index (χ2v) is 11.1. The Morgan fingerprint density at radius 3 is 2.37 bits per heavy atom. The van der Waals surface area contributed by atoms with E-state index < -0.39 is 35.2 Å². The molecule has 41 heavy (non-hydrogen) atoms. The molecular formula is C29H30F6N4OS. The van der Waals surface area contributed by atoms with Crippen molar-refractivity contribution >= 4 is 33.9 Å². The summed E-state index contributed by atoms with van der Waals surface area (Å²) in [5.74, 6) is 1.72. The van der Waals surface area contributed by atoms with E-state index in [2.05, 4.69) is 27.4 Å².